The minimum atomic E-state index is 0.216. The third-order valence-corrected chi connectivity index (χ3v) is 3.60. The molecule has 0 radical (unpaired) electrons. The molecule has 1 heteroatoms. The Labute approximate surface area is 63.0 Å². The SMILES string of the molecule is CC1(N)CC12CCCCC2. The molecule has 0 aromatic heterocycles. The first-order chi connectivity index (χ1) is 4.66. The molecule has 0 amide bonds. The van der Waals surface area contributed by atoms with E-state index in [2.05, 4.69) is 6.92 Å². The highest BCUT2D eigenvalue weighted by molar-refractivity contribution is 5.17. The molecule has 58 valence electrons. The van der Waals surface area contributed by atoms with Crippen molar-refractivity contribution in [3.05, 3.63) is 0 Å². The van der Waals surface area contributed by atoms with E-state index in [1.165, 1.54) is 38.5 Å². The molecule has 10 heavy (non-hydrogen) atoms. The van der Waals surface area contributed by atoms with Gasteiger partial charge in [0.15, 0.2) is 0 Å². The third kappa shape index (κ3) is 0.731. The Morgan fingerprint density at radius 2 is 1.60 bits per heavy atom. The van der Waals surface area contributed by atoms with Crippen LogP contribution in [0, 0.1) is 5.41 Å². The van der Waals surface area contributed by atoms with Gasteiger partial charge >= 0.3 is 0 Å². The van der Waals surface area contributed by atoms with Crippen LogP contribution in [0.5, 0.6) is 0 Å². The quantitative estimate of drug-likeness (QED) is 0.546. The standard InChI is InChI=1S/C9H17N/c1-8(10)7-9(8)5-3-2-4-6-9/h2-7,10H2,1H3. The lowest BCUT2D eigenvalue weighted by atomic mass is 9.83. The van der Waals surface area contributed by atoms with E-state index >= 15 is 0 Å². The van der Waals surface area contributed by atoms with Crippen LogP contribution >= 0.6 is 0 Å². The molecular formula is C9H17N. The molecular weight excluding hydrogens is 122 g/mol. The molecule has 1 spiro atoms. The van der Waals surface area contributed by atoms with Crippen LogP contribution in [0.2, 0.25) is 0 Å². The summed E-state index contributed by atoms with van der Waals surface area (Å²) in [6.07, 6.45) is 8.39. The molecule has 2 aliphatic rings. The van der Waals surface area contributed by atoms with Crippen molar-refractivity contribution in [2.75, 3.05) is 0 Å². The summed E-state index contributed by atoms with van der Waals surface area (Å²) in [5.74, 6) is 0. The Morgan fingerprint density at radius 3 is 1.90 bits per heavy atom. The topological polar surface area (TPSA) is 26.0 Å². The van der Waals surface area contributed by atoms with Crippen LogP contribution in [-0.2, 0) is 0 Å². The molecule has 2 aliphatic carbocycles. The monoisotopic (exact) mass is 139 g/mol. The second-order valence-corrected chi connectivity index (χ2v) is 4.44. The fraction of sp³-hybridized carbons (Fsp3) is 1.00. The summed E-state index contributed by atoms with van der Waals surface area (Å²) in [6, 6.07) is 0. The van der Waals surface area contributed by atoms with Gasteiger partial charge in [0.25, 0.3) is 0 Å². The van der Waals surface area contributed by atoms with E-state index < -0.39 is 0 Å². The van der Waals surface area contributed by atoms with E-state index in [4.69, 9.17) is 5.73 Å². The molecule has 0 heterocycles. The predicted octanol–water partition coefficient (Wildman–Crippen LogP) is 2.06. The summed E-state index contributed by atoms with van der Waals surface area (Å²) in [4.78, 5) is 0. The smallest absolute Gasteiger partial charge is 0.0189 e. The van der Waals surface area contributed by atoms with Gasteiger partial charge in [0.2, 0.25) is 0 Å². The first-order valence-electron chi connectivity index (χ1n) is 4.45. The van der Waals surface area contributed by atoms with Gasteiger partial charge in [-0.05, 0) is 31.6 Å². The first kappa shape index (κ1) is 6.66. The van der Waals surface area contributed by atoms with Crippen LogP contribution in [0.25, 0.3) is 0 Å². The molecule has 2 N–H and O–H groups in total. The fourth-order valence-electron chi connectivity index (χ4n) is 2.64. The first-order valence-corrected chi connectivity index (χ1v) is 4.45. The van der Waals surface area contributed by atoms with Gasteiger partial charge in [0, 0.05) is 5.54 Å². The van der Waals surface area contributed by atoms with Gasteiger partial charge in [0.05, 0.1) is 0 Å². The van der Waals surface area contributed by atoms with Crippen molar-refractivity contribution >= 4 is 0 Å². The lowest BCUT2D eigenvalue weighted by molar-refractivity contribution is 0.297. The van der Waals surface area contributed by atoms with E-state index in [9.17, 15) is 0 Å². The normalized spacial score (nSPS) is 43.8. The van der Waals surface area contributed by atoms with Gasteiger partial charge in [-0.25, -0.2) is 0 Å². The molecule has 1 atom stereocenters. The highest BCUT2D eigenvalue weighted by Gasteiger charge is 2.60. The van der Waals surface area contributed by atoms with E-state index in [1.54, 1.807) is 0 Å². The van der Waals surface area contributed by atoms with Crippen molar-refractivity contribution in [1.29, 1.82) is 0 Å². The summed E-state index contributed by atoms with van der Waals surface area (Å²) in [5, 5.41) is 0. The van der Waals surface area contributed by atoms with E-state index in [0.29, 0.717) is 5.41 Å². The van der Waals surface area contributed by atoms with Gasteiger partial charge in [0.1, 0.15) is 0 Å². The van der Waals surface area contributed by atoms with Crippen molar-refractivity contribution in [2.45, 2.75) is 51.0 Å². The lowest BCUT2D eigenvalue weighted by Gasteiger charge is -2.24. The van der Waals surface area contributed by atoms with Crippen molar-refractivity contribution in [3.8, 4) is 0 Å². The summed E-state index contributed by atoms with van der Waals surface area (Å²) in [5.41, 5.74) is 6.89. The van der Waals surface area contributed by atoms with Crippen molar-refractivity contribution < 1.29 is 0 Å². The highest BCUT2D eigenvalue weighted by Crippen LogP contribution is 2.62. The Hall–Kier alpha value is -0.0400. The van der Waals surface area contributed by atoms with Gasteiger partial charge in [-0.3, -0.25) is 0 Å². The van der Waals surface area contributed by atoms with Crippen molar-refractivity contribution in [1.82, 2.24) is 0 Å². The minimum absolute atomic E-state index is 0.216. The van der Waals surface area contributed by atoms with Gasteiger partial charge in [-0.2, -0.15) is 0 Å². The molecule has 0 saturated heterocycles. The Morgan fingerprint density at radius 1 is 1.10 bits per heavy atom. The van der Waals surface area contributed by atoms with Gasteiger partial charge in [-0.1, -0.05) is 19.3 Å². The molecule has 1 unspecified atom stereocenters. The van der Waals surface area contributed by atoms with Crippen LogP contribution in [0.4, 0.5) is 0 Å². The van der Waals surface area contributed by atoms with Crippen molar-refractivity contribution in [2.24, 2.45) is 11.1 Å². The largest absolute Gasteiger partial charge is 0.325 e. The Bertz CT molecular complexity index is 143. The van der Waals surface area contributed by atoms with Crippen LogP contribution < -0.4 is 5.73 Å². The number of nitrogens with two attached hydrogens (primary N) is 1. The van der Waals surface area contributed by atoms with E-state index in [1.807, 2.05) is 0 Å². The maximum Gasteiger partial charge on any atom is 0.0189 e. The fourth-order valence-corrected chi connectivity index (χ4v) is 2.64. The molecule has 2 fully saturated rings. The molecule has 1 nitrogen and oxygen atoms in total. The second-order valence-electron chi connectivity index (χ2n) is 4.44. The zero-order valence-electron chi connectivity index (χ0n) is 6.82. The third-order valence-electron chi connectivity index (χ3n) is 3.60. The van der Waals surface area contributed by atoms with E-state index in [-0.39, 0.29) is 5.54 Å². The van der Waals surface area contributed by atoms with Crippen molar-refractivity contribution in [3.63, 3.8) is 0 Å². The zero-order chi connectivity index (χ0) is 7.24. The maximum atomic E-state index is 6.08. The zero-order valence-corrected chi connectivity index (χ0v) is 6.82. The maximum absolute atomic E-state index is 6.08. The summed E-state index contributed by atoms with van der Waals surface area (Å²) >= 11 is 0. The Balaban J connectivity index is 2.05. The van der Waals surface area contributed by atoms with Crippen LogP contribution in [0.1, 0.15) is 45.4 Å². The summed E-state index contributed by atoms with van der Waals surface area (Å²) in [7, 11) is 0. The number of hydrogen-bond acceptors (Lipinski definition) is 1. The van der Waals surface area contributed by atoms with Crippen LogP contribution in [0.3, 0.4) is 0 Å². The number of hydrogen-bond donors (Lipinski definition) is 1. The molecule has 0 aliphatic heterocycles. The number of rotatable bonds is 0. The van der Waals surface area contributed by atoms with Crippen LogP contribution in [0.15, 0.2) is 0 Å². The van der Waals surface area contributed by atoms with Gasteiger partial charge < -0.3 is 5.73 Å². The van der Waals surface area contributed by atoms with Gasteiger partial charge in [-0.15, -0.1) is 0 Å². The molecule has 0 bridgehead atoms. The molecule has 2 saturated carbocycles. The molecule has 0 aromatic carbocycles. The highest BCUT2D eigenvalue weighted by atomic mass is 14.9. The summed E-state index contributed by atoms with van der Waals surface area (Å²) < 4.78 is 0. The lowest BCUT2D eigenvalue weighted by Crippen LogP contribution is -2.28. The van der Waals surface area contributed by atoms with Crippen LogP contribution in [-0.4, -0.2) is 5.54 Å². The average Bonchev–Trinajstić information content (AvgIpc) is 2.36. The second kappa shape index (κ2) is 1.76. The summed E-state index contributed by atoms with van der Waals surface area (Å²) in [6.45, 7) is 2.22. The minimum Gasteiger partial charge on any atom is -0.325 e. The Kier molecular flexibility index (Phi) is 1.17. The predicted molar refractivity (Wildman–Crippen MR) is 42.7 cm³/mol. The molecule has 2 rings (SSSR count). The van der Waals surface area contributed by atoms with E-state index in [0.717, 1.165) is 0 Å². The average molecular weight is 139 g/mol. The molecule has 0 aromatic rings.